The molecule has 0 spiro atoms. The Morgan fingerprint density at radius 1 is 0.875 bits per heavy atom. The summed E-state index contributed by atoms with van der Waals surface area (Å²) in [5.74, 6) is -2.49. The third-order valence-electron chi connectivity index (χ3n) is 3.94. The van der Waals surface area contributed by atoms with E-state index in [0.717, 1.165) is 17.9 Å². The van der Waals surface area contributed by atoms with Crippen molar-refractivity contribution in [3.8, 4) is 17.1 Å². The van der Waals surface area contributed by atoms with Gasteiger partial charge in [0.05, 0.1) is 17.1 Å². The molecular formula is C23H25Cl2Cu2N5O8. The van der Waals surface area contributed by atoms with E-state index in [9.17, 15) is 15.3 Å². The quantitative estimate of drug-likeness (QED) is 0.105. The van der Waals surface area contributed by atoms with Crippen LogP contribution < -0.4 is 34.0 Å². The summed E-state index contributed by atoms with van der Waals surface area (Å²) in [6, 6.07) is 15.4. The number of benzene rings is 1. The molecule has 3 rings (SSSR count). The molecule has 0 aliphatic rings. The Balaban J connectivity index is -0.000000584. The van der Waals surface area contributed by atoms with E-state index >= 15 is 0 Å². The van der Waals surface area contributed by atoms with Gasteiger partial charge in [-0.25, -0.2) is 18.6 Å². The van der Waals surface area contributed by atoms with E-state index in [1.807, 2.05) is 55.4 Å². The molecule has 226 valence electrons. The van der Waals surface area contributed by atoms with Gasteiger partial charge in [0.15, 0.2) is 0 Å². The molecule has 0 saturated carbocycles. The van der Waals surface area contributed by atoms with E-state index in [2.05, 4.69) is 20.0 Å². The van der Waals surface area contributed by atoms with Crippen LogP contribution in [0, 0.1) is 10.2 Å². The summed E-state index contributed by atoms with van der Waals surface area (Å²) in [6.07, 6.45) is 4.20. The fraction of sp³-hybridized carbons (Fsp3) is 0.217. The molecular weight excluding hydrogens is 672 g/mol. The molecule has 2 radical (unpaired) electrons. The standard InChI is InChI=1S/C13H18ClN3O3.C10H8N2.ClHO4.2Cu.H2O/c1-17(2)7-3-6-15-12(19)13(20)16-10-8-9(14)4-5-11(10)18;1-3-7-11-9(5-1)10-6-2-4-8-12-10;2-1(3,4)5;;;/h4-5,8,18H,3,6-7H2,1-2H3,(H,15,19)(H,16,20);1-8H;(H,2,3,4,5);;;1H2/q;;;2*+2;/p-4. The largest absolute Gasteiger partial charge is 2.00 e. The molecule has 13 nitrogen and oxygen atoms in total. The van der Waals surface area contributed by atoms with Gasteiger partial charge in [0.25, 0.3) is 0 Å². The number of hydrogen-bond donors (Lipinski definition) is 0. The zero-order valence-corrected chi connectivity index (χ0v) is 24.3. The molecule has 1 aromatic carbocycles. The molecule has 0 saturated heterocycles. The number of aromatic nitrogens is 2. The molecule has 0 aliphatic heterocycles. The third kappa shape index (κ3) is 20.5. The van der Waals surface area contributed by atoms with Crippen LogP contribution in [0.5, 0.6) is 5.75 Å². The maximum absolute atomic E-state index is 11.5. The van der Waals surface area contributed by atoms with E-state index in [-0.39, 0.29) is 56.9 Å². The van der Waals surface area contributed by atoms with E-state index in [1.54, 1.807) is 12.4 Å². The fourth-order valence-electron chi connectivity index (χ4n) is 2.40. The zero-order valence-electron chi connectivity index (χ0n) is 20.9. The number of pyridine rings is 2. The smallest absolute Gasteiger partial charge is 0.871 e. The molecule has 17 heteroatoms. The Morgan fingerprint density at radius 2 is 1.38 bits per heavy atom. The van der Waals surface area contributed by atoms with E-state index in [0.29, 0.717) is 6.42 Å². The fourth-order valence-corrected chi connectivity index (χ4v) is 2.57. The van der Waals surface area contributed by atoms with Gasteiger partial charge in [0.1, 0.15) is 0 Å². The monoisotopic (exact) mass is 695 g/mol. The SMILES string of the molecule is CN(C)CCCN=C([O-])C([O-])=Nc1cc(Cl)ccc1[O-].O.[Cu+2].[Cu+2].[O-][Cl+3]([O-])([O-])[O-].c1ccc(-c2ccccn2)nc1. The molecule has 0 amide bonds. The van der Waals surface area contributed by atoms with Crippen LogP contribution >= 0.6 is 11.6 Å². The van der Waals surface area contributed by atoms with Crippen LogP contribution in [0.25, 0.3) is 11.4 Å². The first kappa shape index (κ1) is 42.1. The van der Waals surface area contributed by atoms with Crippen LogP contribution in [0.1, 0.15) is 6.42 Å². The topological polar surface area (TPSA) is 247 Å². The predicted molar refractivity (Wildman–Crippen MR) is 125 cm³/mol. The van der Waals surface area contributed by atoms with Crippen LogP contribution in [0.15, 0.2) is 77.0 Å². The van der Waals surface area contributed by atoms with E-state index in [4.69, 9.17) is 30.2 Å². The molecule has 2 heterocycles. The Kier molecular flexibility index (Phi) is 23.5. The molecule has 3 aromatic rings. The second-order valence-electron chi connectivity index (χ2n) is 7.18. The average molecular weight is 697 g/mol. The van der Waals surface area contributed by atoms with Crippen molar-refractivity contribution in [2.75, 3.05) is 27.2 Å². The molecule has 2 N–H and O–H groups in total. The Bertz CT molecular complexity index is 1100. The van der Waals surface area contributed by atoms with Gasteiger partial charge in [0, 0.05) is 24.0 Å². The minimum Gasteiger partial charge on any atom is -0.871 e. The summed E-state index contributed by atoms with van der Waals surface area (Å²) >= 11 is 5.69. The number of halogens is 2. The Labute approximate surface area is 259 Å². The van der Waals surface area contributed by atoms with Gasteiger partial charge in [-0.05, 0) is 75.3 Å². The van der Waals surface area contributed by atoms with Crippen molar-refractivity contribution in [2.24, 2.45) is 9.98 Å². The molecule has 0 fully saturated rings. The van der Waals surface area contributed by atoms with E-state index in [1.165, 1.54) is 18.2 Å². The van der Waals surface area contributed by atoms with Crippen LogP contribution in [-0.4, -0.2) is 59.3 Å². The van der Waals surface area contributed by atoms with Gasteiger partial charge in [-0.2, -0.15) is 0 Å². The number of aliphatic imine (C=N–C) groups is 2. The van der Waals surface area contributed by atoms with Crippen molar-refractivity contribution in [1.82, 2.24) is 14.9 Å². The Morgan fingerprint density at radius 3 is 1.80 bits per heavy atom. The van der Waals surface area contributed by atoms with Crippen molar-refractivity contribution in [3.05, 3.63) is 72.0 Å². The van der Waals surface area contributed by atoms with Gasteiger partial charge in [0.2, 0.25) is 0 Å². The summed E-state index contributed by atoms with van der Waals surface area (Å²) in [6.45, 7) is 1.01. The second kappa shape index (κ2) is 22.3. The summed E-state index contributed by atoms with van der Waals surface area (Å²) in [5.41, 5.74) is 1.68. The summed E-state index contributed by atoms with van der Waals surface area (Å²) < 4.78 is 34.0. The average Bonchev–Trinajstić information content (AvgIpc) is 2.84. The van der Waals surface area contributed by atoms with Crippen molar-refractivity contribution in [3.63, 3.8) is 0 Å². The predicted octanol–water partition coefficient (Wildman–Crippen LogP) is -3.93. The van der Waals surface area contributed by atoms with Crippen molar-refractivity contribution >= 4 is 29.1 Å². The number of nitrogens with zero attached hydrogens (tertiary/aromatic N) is 5. The number of rotatable bonds is 6. The third-order valence-corrected chi connectivity index (χ3v) is 4.17. The minimum absolute atomic E-state index is 0. The van der Waals surface area contributed by atoms with E-state index < -0.39 is 27.8 Å². The van der Waals surface area contributed by atoms with Crippen molar-refractivity contribution in [2.45, 2.75) is 6.42 Å². The molecule has 0 bridgehead atoms. The van der Waals surface area contributed by atoms with Gasteiger partial charge in [-0.1, -0.05) is 35.5 Å². The second-order valence-corrected chi connectivity index (χ2v) is 8.37. The van der Waals surface area contributed by atoms with Gasteiger partial charge in [-0.15, -0.1) is 10.2 Å². The summed E-state index contributed by atoms with van der Waals surface area (Å²) in [7, 11) is -1.14. The van der Waals surface area contributed by atoms with Crippen LogP contribution in [0.2, 0.25) is 5.02 Å². The Hall–Kier alpha value is -2.36. The summed E-state index contributed by atoms with van der Waals surface area (Å²) in [5, 5.41) is 34.6. The van der Waals surface area contributed by atoms with Crippen molar-refractivity contribution in [1.29, 1.82) is 0 Å². The minimum atomic E-state index is -4.94. The van der Waals surface area contributed by atoms with Gasteiger partial charge in [-0.3, -0.25) is 15.0 Å². The van der Waals surface area contributed by atoms with Crippen LogP contribution in [0.4, 0.5) is 5.69 Å². The summed E-state index contributed by atoms with van der Waals surface area (Å²) in [4.78, 5) is 17.4. The van der Waals surface area contributed by atoms with Gasteiger partial charge < -0.3 is 30.7 Å². The first-order valence-corrected chi connectivity index (χ1v) is 12.0. The molecule has 0 unspecified atom stereocenters. The normalized spacial score (nSPS) is 10.9. The zero-order chi connectivity index (χ0) is 27.8. The first-order valence-electron chi connectivity index (χ1n) is 10.4. The molecule has 40 heavy (non-hydrogen) atoms. The van der Waals surface area contributed by atoms with Crippen LogP contribution in [-0.2, 0) is 34.1 Å². The van der Waals surface area contributed by atoms with Crippen molar-refractivity contribution < 1.29 is 83.8 Å². The maximum atomic E-state index is 11.5. The number of hydrogen-bond acceptors (Lipinski definition) is 12. The van der Waals surface area contributed by atoms with Crippen LogP contribution in [0.3, 0.4) is 0 Å². The molecule has 2 aromatic heterocycles. The first-order chi connectivity index (χ1) is 17.4. The van der Waals surface area contributed by atoms with Gasteiger partial charge >= 0.3 is 34.1 Å². The maximum Gasteiger partial charge on any atom is 2.00 e. The molecule has 0 atom stereocenters. The molecule has 0 aliphatic carbocycles.